The molecule has 0 aliphatic carbocycles. The Balaban J connectivity index is 2.24. The lowest BCUT2D eigenvalue weighted by atomic mass is 10.0. The number of imidazole rings is 1. The van der Waals surface area contributed by atoms with Gasteiger partial charge in [-0.3, -0.25) is 0 Å². The average Bonchev–Trinajstić information content (AvgIpc) is 3.59. The summed E-state index contributed by atoms with van der Waals surface area (Å²) >= 11 is 0. The summed E-state index contributed by atoms with van der Waals surface area (Å²) in [5.74, 6) is 1.63. The average molecular weight is 784 g/mol. The molecule has 0 amide bonds. The summed E-state index contributed by atoms with van der Waals surface area (Å²) in [6, 6.07) is 0. The van der Waals surface area contributed by atoms with E-state index in [4.69, 9.17) is 0 Å². The van der Waals surface area contributed by atoms with Crippen LogP contribution in [0.15, 0.2) is 12.4 Å². The molecular formula is C54H107N2+. The molecule has 1 heterocycles. The number of hydrogen-bond donors (Lipinski definition) is 0. The van der Waals surface area contributed by atoms with Crippen LogP contribution in [0.5, 0.6) is 0 Å². The normalized spacial score (nSPS) is 11.7. The first kappa shape index (κ1) is 53.2. The van der Waals surface area contributed by atoms with Crippen LogP contribution in [0.2, 0.25) is 0 Å². The topological polar surface area (TPSA) is 8.81 Å². The van der Waals surface area contributed by atoms with Crippen LogP contribution in [0.25, 0.3) is 0 Å². The number of nitrogens with zero attached hydrogens (tertiary/aromatic N) is 2. The van der Waals surface area contributed by atoms with Gasteiger partial charge in [-0.2, -0.15) is 0 Å². The molecule has 0 radical (unpaired) electrons. The Labute approximate surface area is 355 Å². The molecule has 56 heavy (non-hydrogen) atoms. The van der Waals surface area contributed by atoms with E-state index in [2.05, 4.69) is 42.3 Å². The van der Waals surface area contributed by atoms with Gasteiger partial charge in [-0.25, -0.2) is 9.13 Å². The second kappa shape index (κ2) is 45.3. The Morgan fingerprint density at radius 1 is 0.304 bits per heavy atom. The van der Waals surface area contributed by atoms with Crippen LogP contribution < -0.4 is 4.57 Å². The van der Waals surface area contributed by atoms with Gasteiger partial charge in [-0.05, 0) is 32.1 Å². The zero-order valence-electron chi connectivity index (χ0n) is 39.5. The molecule has 0 aliphatic heterocycles. The summed E-state index contributed by atoms with van der Waals surface area (Å²) in [6.07, 6.45) is 71.3. The molecule has 0 aliphatic rings. The zero-order valence-corrected chi connectivity index (χ0v) is 39.5. The number of rotatable bonds is 48. The van der Waals surface area contributed by atoms with Gasteiger partial charge in [0.1, 0.15) is 12.4 Å². The van der Waals surface area contributed by atoms with Crippen LogP contribution in [-0.4, -0.2) is 4.57 Å². The van der Waals surface area contributed by atoms with Crippen molar-refractivity contribution in [2.24, 2.45) is 0 Å². The molecule has 1 aromatic rings. The third-order valence-corrected chi connectivity index (χ3v) is 13.1. The maximum atomic E-state index is 2.66. The number of aryl methyl sites for hydroxylation is 2. The maximum Gasteiger partial charge on any atom is 0.256 e. The minimum absolute atomic E-state index is 1.23. The molecule has 1 rings (SSSR count). The molecule has 1 aromatic heterocycles. The van der Waals surface area contributed by atoms with Crippen molar-refractivity contribution in [3.05, 3.63) is 18.2 Å². The monoisotopic (exact) mass is 784 g/mol. The Bertz CT molecular complexity index is 803. The highest BCUT2D eigenvalue weighted by atomic mass is 15.1. The second-order valence-electron chi connectivity index (χ2n) is 18.7. The minimum Gasteiger partial charge on any atom is -0.234 e. The van der Waals surface area contributed by atoms with E-state index >= 15 is 0 Å². The van der Waals surface area contributed by atoms with E-state index < -0.39 is 0 Å². The highest BCUT2D eigenvalue weighted by Crippen LogP contribution is 2.17. The van der Waals surface area contributed by atoms with Crippen LogP contribution in [0.1, 0.15) is 316 Å². The summed E-state index contributed by atoms with van der Waals surface area (Å²) < 4.78 is 5.33. The largest absolute Gasteiger partial charge is 0.256 e. The van der Waals surface area contributed by atoms with Crippen molar-refractivity contribution in [1.82, 2.24) is 4.57 Å². The first-order valence-electron chi connectivity index (χ1n) is 26.9. The standard InChI is InChI=1S/C54H107N2/c1-4-7-10-13-16-19-22-25-27-29-32-35-38-41-44-47-50-55-52-53-56(54(55)49-46-43-40-37-34-31-24-21-18-15-12-9-6-3)51-48-45-42-39-36-33-30-28-26-23-20-17-14-11-8-5-2/h52-53H,4-51H2,1-3H3/q+1. The van der Waals surface area contributed by atoms with Gasteiger partial charge in [0, 0.05) is 6.42 Å². The third kappa shape index (κ3) is 36.3. The molecular weight excluding hydrogens is 677 g/mol. The smallest absolute Gasteiger partial charge is 0.234 e. The van der Waals surface area contributed by atoms with Crippen molar-refractivity contribution in [2.75, 3.05) is 0 Å². The summed E-state index contributed by atoms with van der Waals surface area (Å²) in [5.41, 5.74) is 0. The fourth-order valence-corrected chi connectivity index (χ4v) is 9.15. The summed E-state index contributed by atoms with van der Waals surface area (Å²) in [5, 5.41) is 0. The van der Waals surface area contributed by atoms with E-state index in [9.17, 15) is 0 Å². The molecule has 2 heteroatoms. The number of aromatic nitrogens is 2. The second-order valence-corrected chi connectivity index (χ2v) is 18.7. The Morgan fingerprint density at radius 2 is 0.554 bits per heavy atom. The molecule has 332 valence electrons. The lowest BCUT2D eigenvalue weighted by Crippen LogP contribution is -2.37. The maximum absolute atomic E-state index is 2.66. The van der Waals surface area contributed by atoms with Gasteiger partial charge in [0.25, 0.3) is 5.82 Å². The van der Waals surface area contributed by atoms with E-state index in [1.165, 1.54) is 308 Å². The van der Waals surface area contributed by atoms with Crippen molar-refractivity contribution < 1.29 is 4.57 Å². The highest BCUT2D eigenvalue weighted by molar-refractivity contribution is 4.84. The Kier molecular flexibility index (Phi) is 43.1. The molecule has 0 atom stereocenters. The first-order valence-corrected chi connectivity index (χ1v) is 26.9. The first-order chi connectivity index (χ1) is 27.8. The predicted molar refractivity (Wildman–Crippen MR) is 253 cm³/mol. The summed E-state index contributed by atoms with van der Waals surface area (Å²) in [7, 11) is 0. The van der Waals surface area contributed by atoms with Crippen LogP contribution in [-0.2, 0) is 19.5 Å². The number of hydrogen-bond acceptors (Lipinski definition) is 0. The van der Waals surface area contributed by atoms with Crippen LogP contribution in [0.4, 0.5) is 0 Å². The van der Waals surface area contributed by atoms with Crippen molar-refractivity contribution in [1.29, 1.82) is 0 Å². The Hall–Kier alpha value is -0.790. The van der Waals surface area contributed by atoms with Crippen molar-refractivity contribution in [3.8, 4) is 0 Å². The molecule has 0 bridgehead atoms. The van der Waals surface area contributed by atoms with Crippen molar-refractivity contribution in [2.45, 2.75) is 329 Å². The lowest BCUT2D eigenvalue weighted by molar-refractivity contribution is -0.704. The van der Waals surface area contributed by atoms with Crippen molar-refractivity contribution >= 4 is 0 Å². The molecule has 0 aromatic carbocycles. The van der Waals surface area contributed by atoms with Crippen LogP contribution in [0.3, 0.4) is 0 Å². The Morgan fingerprint density at radius 3 is 0.857 bits per heavy atom. The summed E-state index contributed by atoms with van der Waals surface area (Å²) in [6.45, 7) is 9.42. The SMILES string of the molecule is CCCCCCCCCCCCCCCCCCn1cc[n+](CCCCCCCCCCCCCCCCCC)c1CCCCCCCCCCCCCCC. The van der Waals surface area contributed by atoms with Gasteiger partial charge >= 0.3 is 0 Å². The number of unbranched alkanes of at least 4 members (excludes halogenated alkanes) is 42. The molecule has 0 spiro atoms. The quantitative estimate of drug-likeness (QED) is 0.0460. The van der Waals surface area contributed by atoms with Crippen LogP contribution in [0, 0.1) is 0 Å². The van der Waals surface area contributed by atoms with Crippen LogP contribution >= 0.6 is 0 Å². The molecule has 2 nitrogen and oxygen atoms in total. The van der Waals surface area contributed by atoms with Gasteiger partial charge in [0.2, 0.25) is 0 Å². The highest BCUT2D eigenvalue weighted by Gasteiger charge is 2.16. The van der Waals surface area contributed by atoms with E-state index in [1.807, 2.05) is 0 Å². The predicted octanol–water partition coefficient (Wildman–Crippen LogP) is 18.9. The minimum atomic E-state index is 1.23. The molecule has 0 saturated heterocycles. The summed E-state index contributed by atoms with van der Waals surface area (Å²) in [4.78, 5) is 0. The lowest BCUT2D eigenvalue weighted by Gasteiger charge is -2.07. The third-order valence-electron chi connectivity index (χ3n) is 13.1. The van der Waals surface area contributed by atoms with Gasteiger partial charge < -0.3 is 0 Å². The molecule has 0 N–H and O–H groups in total. The van der Waals surface area contributed by atoms with E-state index in [1.54, 1.807) is 5.82 Å². The van der Waals surface area contributed by atoms with Gasteiger partial charge in [-0.1, -0.05) is 278 Å². The van der Waals surface area contributed by atoms with Crippen molar-refractivity contribution in [3.63, 3.8) is 0 Å². The van der Waals surface area contributed by atoms with E-state index in [0.29, 0.717) is 0 Å². The van der Waals surface area contributed by atoms with Gasteiger partial charge in [0.15, 0.2) is 0 Å². The zero-order chi connectivity index (χ0) is 40.1. The molecule has 0 fully saturated rings. The van der Waals surface area contributed by atoms with E-state index in [-0.39, 0.29) is 0 Å². The molecule has 0 saturated carbocycles. The van der Waals surface area contributed by atoms with Gasteiger partial charge in [0.05, 0.1) is 13.1 Å². The molecule has 0 unspecified atom stereocenters. The fraction of sp³-hybridized carbons (Fsp3) is 0.944. The van der Waals surface area contributed by atoms with E-state index in [0.717, 1.165) is 0 Å². The fourth-order valence-electron chi connectivity index (χ4n) is 9.15. The van der Waals surface area contributed by atoms with Gasteiger partial charge in [-0.15, -0.1) is 0 Å².